The SMILES string of the molecule is CCOc1cccc([SiH2]CC[SiH2]c2cccc(OCC)c2OCC)c1OCC. The quantitative estimate of drug-likeness (QED) is 0.370. The largest absolute Gasteiger partial charge is 0.490 e. The van der Waals surface area contributed by atoms with E-state index in [9.17, 15) is 0 Å². The molecule has 4 nitrogen and oxygen atoms in total. The molecule has 0 saturated carbocycles. The average Bonchev–Trinajstić information content (AvgIpc) is 2.70. The van der Waals surface area contributed by atoms with E-state index >= 15 is 0 Å². The van der Waals surface area contributed by atoms with Crippen LogP contribution in [-0.2, 0) is 0 Å². The molecule has 0 saturated heterocycles. The fourth-order valence-corrected chi connectivity index (χ4v) is 7.68. The van der Waals surface area contributed by atoms with Crippen molar-refractivity contribution in [2.75, 3.05) is 26.4 Å². The third kappa shape index (κ3) is 6.31. The van der Waals surface area contributed by atoms with Gasteiger partial charge in [0.15, 0.2) is 23.0 Å². The molecular weight excluding hydrogens is 384 g/mol. The minimum Gasteiger partial charge on any atom is -0.490 e. The molecule has 6 heteroatoms. The zero-order valence-electron chi connectivity index (χ0n) is 17.8. The summed E-state index contributed by atoms with van der Waals surface area (Å²) in [4.78, 5) is 0. The lowest BCUT2D eigenvalue weighted by Crippen LogP contribution is -2.22. The summed E-state index contributed by atoms with van der Waals surface area (Å²) in [6.07, 6.45) is 0. The van der Waals surface area contributed by atoms with Gasteiger partial charge in [-0.3, -0.25) is 0 Å². The summed E-state index contributed by atoms with van der Waals surface area (Å²) in [5.41, 5.74) is 0. The number of ether oxygens (including phenoxy) is 4. The lowest BCUT2D eigenvalue weighted by molar-refractivity contribution is 0.289. The summed E-state index contributed by atoms with van der Waals surface area (Å²) >= 11 is 0. The van der Waals surface area contributed by atoms with Crippen molar-refractivity contribution in [1.82, 2.24) is 0 Å². The van der Waals surface area contributed by atoms with E-state index in [1.807, 2.05) is 39.8 Å². The van der Waals surface area contributed by atoms with E-state index in [0.29, 0.717) is 26.4 Å². The Kier molecular flexibility index (Phi) is 10.00. The van der Waals surface area contributed by atoms with Gasteiger partial charge in [0, 0.05) is 0 Å². The summed E-state index contributed by atoms with van der Waals surface area (Å²) in [5.74, 6) is 3.70. The number of hydrogen-bond acceptors (Lipinski definition) is 4. The molecule has 0 atom stereocenters. The van der Waals surface area contributed by atoms with Gasteiger partial charge >= 0.3 is 0 Å². The molecular formula is C22H34O4Si2. The van der Waals surface area contributed by atoms with Crippen molar-refractivity contribution in [3.05, 3.63) is 36.4 Å². The molecule has 0 aliphatic rings. The third-order valence-electron chi connectivity index (χ3n) is 4.44. The maximum absolute atomic E-state index is 5.91. The number of benzene rings is 2. The van der Waals surface area contributed by atoms with Crippen LogP contribution in [0.15, 0.2) is 36.4 Å². The third-order valence-corrected chi connectivity index (χ3v) is 9.34. The van der Waals surface area contributed by atoms with Gasteiger partial charge in [0.1, 0.15) is 0 Å². The first-order valence-electron chi connectivity index (χ1n) is 10.5. The van der Waals surface area contributed by atoms with Crippen molar-refractivity contribution in [2.45, 2.75) is 39.8 Å². The van der Waals surface area contributed by atoms with Gasteiger partial charge in [-0.05, 0) is 50.2 Å². The van der Waals surface area contributed by atoms with E-state index in [-0.39, 0.29) is 0 Å². The van der Waals surface area contributed by atoms with Crippen LogP contribution in [0.1, 0.15) is 27.7 Å². The van der Waals surface area contributed by atoms with Gasteiger partial charge in [0.2, 0.25) is 0 Å². The first-order valence-corrected chi connectivity index (χ1v) is 13.9. The van der Waals surface area contributed by atoms with Crippen molar-refractivity contribution in [3.8, 4) is 23.0 Å². The molecule has 2 rings (SSSR count). The Morgan fingerprint density at radius 3 is 1.32 bits per heavy atom. The van der Waals surface area contributed by atoms with E-state index in [1.165, 1.54) is 22.5 Å². The molecule has 28 heavy (non-hydrogen) atoms. The highest BCUT2D eigenvalue weighted by Crippen LogP contribution is 2.26. The second-order valence-electron chi connectivity index (χ2n) is 6.43. The van der Waals surface area contributed by atoms with E-state index in [0.717, 1.165) is 23.0 Å². The Morgan fingerprint density at radius 1 is 0.571 bits per heavy atom. The molecule has 0 aromatic heterocycles. The van der Waals surface area contributed by atoms with Gasteiger partial charge in [-0.1, -0.05) is 36.4 Å². The zero-order chi connectivity index (χ0) is 20.2. The predicted molar refractivity (Wildman–Crippen MR) is 124 cm³/mol. The number of hydrogen-bond donors (Lipinski definition) is 0. The second kappa shape index (κ2) is 12.5. The summed E-state index contributed by atoms with van der Waals surface area (Å²) in [5, 5.41) is 2.74. The molecule has 0 aliphatic carbocycles. The molecule has 2 aromatic rings. The van der Waals surface area contributed by atoms with Crippen LogP contribution in [0.4, 0.5) is 0 Å². The van der Waals surface area contributed by atoms with Gasteiger partial charge < -0.3 is 18.9 Å². The van der Waals surface area contributed by atoms with Crippen LogP contribution >= 0.6 is 0 Å². The summed E-state index contributed by atoms with van der Waals surface area (Å²) < 4.78 is 23.3. The van der Waals surface area contributed by atoms with Crippen molar-refractivity contribution >= 4 is 29.4 Å². The van der Waals surface area contributed by atoms with Crippen molar-refractivity contribution in [3.63, 3.8) is 0 Å². The van der Waals surface area contributed by atoms with Gasteiger partial charge in [-0.15, -0.1) is 0 Å². The van der Waals surface area contributed by atoms with E-state index in [4.69, 9.17) is 18.9 Å². The van der Waals surface area contributed by atoms with E-state index in [1.54, 1.807) is 0 Å². The lowest BCUT2D eigenvalue weighted by atomic mass is 10.3. The highest BCUT2D eigenvalue weighted by Gasteiger charge is 2.13. The molecule has 0 N–H and O–H groups in total. The highest BCUT2D eigenvalue weighted by atomic mass is 28.2. The first kappa shape index (κ1) is 22.4. The molecule has 0 bridgehead atoms. The normalized spacial score (nSPS) is 11.4. The Balaban J connectivity index is 2.01. The molecule has 2 aromatic carbocycles. The van der Waals surface area contributed by atoms with E-state index in [2.05, 4.69) is 24.3 Å². The smallest absolute Gasteiger partial charge is 0.160 e. The van der Waals surface area contributed by atoms with Crippen LogP contribution in [0.2, 0.25) is 12.1 Å². The second-order valence-corrected chi connectivity index (χ2v) is 10.4. The zero-order valence-corrected chi connectivity index (χ0v) is 20.6. The molecule has 0 spiro atoms. The fourth-order valence-electron chi connectivity index (χ4n) is 3.30. The highest BCUT2D eigenvalue weighted by molar-refractivity contribution is 6.60. The van der Waals surface area contributed by atoms with Crippen LogP contribution in [0.5, 0.6) is 23.0 Å². The van der Waals surface area contributed by atoms with Crippen LogP contribution < -0.4 is 29.3 Å². The summed E-state index contributed by atoms with van der Waals surface area (Å²) in [6, 6.07) is 15.2. The number of rotatable bonds is 13. The van der Waals surface area contributed by atoms with E-state index < -0.39 is 19.0 Å². The van der Waals surface area contributed by atoms with Crippen LogP contribution in [-0.4, -0.2) is 45.5 Å². The molecule has 0 amide bonds. The Hall–Kier alpha value is -1.93. The molecule has 0 heterocycles. The standard InChI is InChI=1S/C22H34O4Si2/c1-5-23-17-11-9-13-19(21(17)25-7-3)27-15-16-28-20-14-10-12-18(24-6-2)22(20)26-8-4/h9-14H,5-8,15-16,27-28H2,1-4H3. The summed E-state index contributed by atoms with van der Waals surface area (Å²) in [6.45, 7) is 10.7. The van der Waals surface area contributed by atoms with Gasteiger partial charge in [0.25, 0.3) is 0 Å². The number of para-hydroxylation sites is 2. The minimum absolute atomic E-state index is 0.400. The monoisotopic (exact) mass is 418 g/mol. The van der Waals surface area contributed by atoms with Crippen molar-refractivity contribution < 1.29 is 18.9 Å². The van der Waals surface area contributed by atoms with Gasteiger partial charge in [-0.25, -0.2) is 0 Å². The molecule has 0 unspecified atom stereocenters. The fraction of sp³-hybridized carbons (Fsp3) is 0.455. The van der Waals surface area contributed by atoms with Crippen LogP contribution in [0, 0.1) is 0 Å². The average molecular weight is 419 g/mol. The Morgan fingerprint density at radius 2 is 0.964 bits per heavy atom. The topological polar surface area (TPSA) is 36.9 Å². The van der Waals surface area contributed by atoms with Gasteiger partial charge in [0.05, 0.1) is 45.5 Å². The Labute approximate surface area is 174 Å². The maximum atomic E-state index is 5.91. The predicted octanol–water partition coefficient (Wildman–Crippen LogP) is 2.41. The molecule has 0 fully saturated rings. The van der Waals surface area contributed by atoms with Crippen LogP contribution in [0.25, 0.3) is 0 Å². The maximum Gasteiger partial charge on any atom is 0.160 e. The molecule has 154 valence electrons. The lowest BCUT2D eigenvalue weighted by Gasteiger charge is -2.16. The van der Waals surface area contributed by atoms with Crippen molar-refractivity contribution in [1.29, 1.82) is 0 Å². The molecule has 0 radical (unpaired) electrons. The van der Waals surface area contributed by atoms with Gasteiger partial charge in [-0.2, -0.15) is 0 Å². The van der Waals surface area contributed by atoms with Crippen molar-refractivity contribution in [2.24, 2.45) is 0 Å². The summed E-state index contributed by atoms with van der Waals surface area (Å²) in [7, 11) is -0.801. The Bertz CT molecular complexity index is 660. The minimum atomic E-state index is -0.400. The van der Waals surface area contributed by atoms with Crippen LogP contribution in [0.3, 0.4) is 0 Å². The molecule has 0 aliphatic heterocycles. The first-order chi connectivity index (χ1) is 13.7.